The van der Waals surface area contributed by atoms with Gasteiger partial charge < -0.3 is 5.32 Å². The topological polar surface area (TPSA) is 75.3 Å². The smallest absolute Gasteiger partial charge is 0.255 e. The summed E-state index contributed by atoms with van der Waals surface area (Å²) in [6.07, 6.45) is 1.71. The summed E-state index contributed by atoms with van der Waals surface area (Å²) < 4.78 is 27.0. The van der Waals surface area contributed by atoms with Gasteiger partial charge in [0.25, 0.3) is 5.91 Å². The lowest BCUT2D eigenvalue weighted by Gasteiger charge is -2.09. The fraction of sp³-hybridized carbons (Fsp3) is 0.188. The molecule has 0 atom stereocenters. The number of carbonyl (C=O) groups is 1. The Morgan fingerprint density at radius 3 is 2.46 bits per heavy atom. The summed E-state index contributed by atoms with van der Waals surface area (Å²) in [5.74, 6) is -0.404. The van der Waals surface area contributed by atoms with Gasteiger partial charge in [-0.1, -0.05) is 29.3 Å². The predicted molar refractivity (Wildman–Crippen MR) is 94.2 cm³/mol. The van der Waals surface area contributed by atoms with Gasteiger partial charge >= 0.3 is 0 Å². The van der Waals surface area contributed by atoms with Crippen molar-refractivity contribution in [2.45, 2.75) is 23.8 Å². The zero-order valence-corrected chi connectivity index (χ0v) is 14.8. The molecule has 24 heavy (non-hydrogen) atoms. The van der Waals surface area contributed by atoms with Gasteiger partial charge in [-0.3, -0.25) is 4.79 Å². The van der Waals surface area contributed by atoms with Gasteiger partial charge in [0.1, 0.15) is 0 Å². The fourth-order valence-corrected chi connectivity index (χ4v) is 3.72. The first-order valence-corrected chi connectivity index (χ1v) is 9.48. The maximum atomic E-state index is 12.2. The Bertz CT molecular complexity index is 896. The van der Waals surface area contributed by atoms with Crippen LogP contribution in [0.5, 0.6) is 0 Å². The van der Waals surface area contributed by atoms with Crippen LogP contribution in [0.3, 0.4) is 0 Å². The van der Waals surface area contributed by atoms with Gasteiger partial charge in [-0.2, -0.15) is 0 Å². The normalized spacial score (nSPS) is 14.4. The van der Waals surface area contributed by atoms with E-state index in [9.17, 15) is 13.2 Å². The van der Waals surface area contributed by atoms with Crippen molar-refractivity contribution >= 4 is 44.8 Å². The third-order valence-corrected chi connectivity index (χ3v) is 5.74. The van der Waals surface area contributed by atoms with Crippen molar-refractivity contribution in [2.75, 3.05) is 5.32 Å². The quantitative estimate of drug-likeness (QED) is 0.825. The Labute approximate surface area is 150 Å². The molecule has 2 N–H and O–H groups in total. The Morgan fingerprint density at radius 1 is 1.04 bits per heavy atom. The van der Waals surface area contributed by atoms with E-state index in [0.29, 0.717) is 16.3 Å². The maximum Gasteiger partial charge on any atom is 0.255 e. The van der Waals surface area contributed by atoms with Crippen molar-refractivity contribution in [3.8, 4) is 0 Å². The molecular weight excluding hydrogens is 371 g/mol. The average molecular weight is 385 g/mol. The number of anilines is 1. The number of rotatable bonds is 5. The van der Waals surface area contributed by atoms with Gasteiger partial charge in [0.15, 0.2) is 0 Å². The molecule has 3 rings (SSSR count). The monoisotopic (exact) mass is 384 g/mol. The van der Waals surface area contributed by atoms with E-state index >= 15 is 0 Å². The Hall–Kier alpha value is -1.60. The molecule has 0 radical (unpaired) electrons. The molecule has 5 nitrogen and oxygen atoms in total. The minimum absolute atomic E-state index is 0.0180. The van der Waals surface area contributed by atoms with Gasteiger partial charge in [0.05, 0.1) is 14.9 Å². The third kappa shape index (κ3) is 4.08. The first-order valence-electron chi connectivity index (χ1n) is 7.24. The van der Waals surface area contributed by atoms with Crippen molar-refractivity contribution in [1.82, 2.24) is 4.72 Å². The number of halogens is 2. The molecule has 1 aliphatic carbocycles. The first-order chi connectivity index (χ1) is 11.3. The van der Waals surface area contributed by atoms with Crippen LogP contribution in [-0.2, 0) is 10.0 Å². The number of sulfonamides is 1. The SMILES string of the molecule is O=C(Nc1cccc(S(=O)(=O)NC2CC2)c1)c1ccc(Cl)c(Cl)c1. The number of amides is 1. The summed E-state index contributed by atoms with van der Waals surface area (Å²) in [5, 5.41) is 3.28. The highest BCUT2D eigenvalue weighted by molar-refractivity contribution is 7.89. The van der Waals surface area contributed by atoms with Gasteiger partial charge in [0, 0.05) is 17.3 Å². The fourth-order valence-electron chi connectivity index (χ4n) is 2.07. The summed E-state index contributed by atoms with van der Waals surface area (Å²) in [4.78, 5) is 12.4. The standard InChI is InChI=1S/C16H14Cl2N2O3S/c17-14-7-4-10(8-15(14)18)16(21)19-12-2-1-3-13(9-12)24(22,23)20-11-5-6-11/h1-4,7-9,11,20H,5-6H2,(H,19,21). The lowest BCUT2D eigenvalue weighted by atomic mass is 10.2. The van der Waals surface area contributed by atoms with E-state index < -0.39 is 15.9 Å². The van der Waals surface area contributed by atoms with Crippen LogP contribution >= 0.6 is 23.2 Å². The van der Waals surface area contributed by atoms with Gasteiger partial charge in [-0.05, 0) is 49.2 Å². The van der Waals surface area contributed by atoms with E-state index in [4.69, 9.17) is 23.2 Å². The van der Waals surface area contributed by atoms with Crippen LogP contribution < -0.4 is 10.0 Å². The molecule has 0 unspecified atom stereocenters. The third-order valence-electron chi connectivity index (χ3n) is 3.48. The second kappa shape index (κ2) is 6.72. The van der Waals surface area contributed by atoms with Crippen molar-refractivity contribution in [3.05, 3.63) is 58.1 Å². The molecule has 126 valence electrons. The molecule has 0 aliphatic heterocycles. The number of hydrogen-bond acceptors (Lipinski definition) is 3. The van der Waals surface area contributed by atoms with Crippen LogP contribution in [0.15, 0.2) is 47.4 Å². The minimum atomic E-state index is -3.57. The molecule has 1 fully saturated rings. The summed E-state index contributed by atoms with van der Waals surface area (Å²) in [6, 6.07) is 10.6. The largest absolute Gasteiger partial charge is 0.322 e. The summed E-state index contributed by atoms with van der Waals surface area (Å²) >= 11 is 11.7. The Kier molecular flexibility index (Phi) is 4.83. The summed E-state index contributed by atoms with van der Waals surface area (Å²) in [6.45, 7) is 0. The lowest BCUT2D eigenvalue weighted by molar-refractivity contribution is 0.102. The van der Waals surface area contributed by atoms with Gasteiger partial charge in [0.2, 0.25) is 10.0 Å². The molecule has 0 heterocycles. The van der Waals surface area contributed by atoms with Crippen LogP contribution in [0.25, 0.3) is 0 Å². The number of nitrogens with one attached hydrogen (secondary N) is 2. The van der Waals surface area contributed by atoms with Crippen molar-refractivity contribution in [3.63, 3.8) is 0 Å². The maximum absolute atomic E-state index is 12.2. The van der Waals surface area contributed by atoms with E-state index in [1.54, 1.807) is 18.2 Å². The van der Waals surface area contributed by atoms with Crippen molar-refractivity contribution in [1.29, 1.82) is 0 Å². The van der Waals surface area contributed by atoms with Crippen LogP contribution in [0.1, 0.15) is 23.2 Å². The molecule has 0 aromatic heterocycles. The molecule has 1 aliphatic rings. The van der Waals surface area contributed by atoms with Crippen LogP contribution in [0, 0.1) is 0 Å². The first kappa shape index (κ1) is 17.2. The molecule has 0 saturated heterocycles. The highest BCUT2D eigenvalue weighted by atomic mass is 35.5. The zero-order valence-electron chi connectivity index (χ0n) is 12.4. The average Bonchev–Trinajstić information content (AvgIpc) is 3.33. The van der Waals surface area contributed by atoms with E-state index in [0.717, 1.165) is 12.8 Å². The van der Waals surface area contributed by atoms with Crippen LogP contribution in [0.2, 0.25) is 10.0 Å². The predicted octanol–water partition coefficient (Wildman–Crippen LogP) is 3.69. The highest BCUT2D eigenvalue weighted by Gasteiger charge is 2.28. The van der Waals surface area contributed by atoms with E-state index in [1.807, 2.05) is 0 Å². The number of benzene rings is 2. The second-order valence-corrected chi connectivity index (χ2v) is 8.03. The van der Waals surface area contributed by atoms with Gasteiger partial charge in [-0.25, -0.2) is 13.1 Å². The van der Waals surface area contributed by atoms with Crippen LogP contribution in [0.4, 0.5) is 5.69 Å². The van der Waals surface area contributed by atoms with Crippen LogP contribution in [-0.4, -0.2) is 20.4 Å². The van der Waals surface area contributed by atoms with E-state index in [-0.39, 0.29) is 16.0 Å². The zero-order chi connectivity index (χ0) is 17.3. The van der Waals surface area contributed by atoms with Crippen molar-refractivity contribution in [2.24, 2.45) is 0 Å². The molecule has 8 heteroatoms. The Balaban J connectivity index is 1.78. The molecule has 2 aromatic rings. The molecule has 0 bridgehead atoms. The molecule has 2 aromatic carbocycles. The number of carbonyl (C=O) groups excluding carboxylic acids is 1. The second-order valence-electron chi connectivity index (χ2n) is 5.51. The van der Waals surface area contributed by atoms with E-state index in [1.165, 1.54) is 24.3 Å². The Morgan fingerprint density at radius 2 is 1.79 bits per heavy atom. The number of hydrogen-bond donors (Lipinski definition) is 2. The molecule has 1 saturated carbocycles. The summed E-state index contributed by atoms with van der Waals surface area (Å²) in [5.41, 5.74) is 0.707. The molecular formula is C16H14Cl2N2O3S. The summed E-state index contributed by atoms with van der Waals surface area (Å²) in [7, 11) is -3.57. The highest BCUT2D eigenvalue weighted by Crippen LogP contribution is 2.25. The van der Waals surface area contributed by atoms with E-state index in [2.05, 4.69) is 10.0 Å². The minimum Gasteiger partial charge on any atom is -0.322 e. The molecule has 0 spiro atoms. The van der Waals surface area contributed by atoms with Crippen molar-refractivity contribution < 1.29 is 13.2 Å². The molecule has 1 amide bonds. The lowest BCUT2D eigenvalue weighted by Crippen LogP contribution is -2.25. The van der Waals surface area contributed by atoms with Gasteiger partial charge in [-0.15, -0.1) is 0 Å².